The van der Waals surface area contributed by atoms with Crippen LogP contribution in [-0.4, -0.2) is 12.6 Å². The molecule has 1 aliphatic rings. The van der Waals surface area contributed by atoms with Crippen molar-refractivity contribution in [3.8, 4) is 0 Å². The van der Waals surface area contributed by atoms with Crippen molar-refractivity contribution in [1.29, 1.82) is 0 Å². The second kappa shape index (κ2) is 4.77. The van der Waals surface area contributed by atoms with E-state index in [4.69, 9.17) is 5.73 Å². The fraction of sp³-hybridized carbons (Fsp3) is 0.571. The molecule has 0 amide bonds. The zero-order chi connectivity index (χ0) is 11.5. The molecule has 1 atom stereocenters. The number of benzene rings is 1. The van der Waals surface area contributed by atoms with E-state index in [1.165, 1.54) is 36.9 Å². The SMILES string of the molecule is CCC1CCCCN1c1cccc(C)c1N. The van der Waals surface area contributed by atoms with E-state index >= 15 is 0 Å². The number of rotatable bonds is 2. The van der Waals surface area contributed by atoms with E-state index in [1.807, 2.05) is 0 Å². The molecule has 1 aliphatic heterocycles. The van der Waals surface area contributed by atoms with Gasteiger partial charge in [0.2, 0.25) is 0 Å². The van der Waals surface area contributed by atoms with Gasteiger partial charge < -0.3 is 10.6 Å². The van der Waals surface area contributed by atoms with Crippen LogP contribution in [-0.2, 0) is 0 Å². The van der Waals surface area contributed by atoms with Crippen LogP contribution in [0.1, 0.15) is 38.2 Å². The molecule has 0 spiro atoms. The zero-order valence-electron chi connectivity index (χ0n) is 10.4. The van der Waals surface area contributed by atoms with Crippen molar-refractivity contribution in [1.82, 2.24) is 0 Å². The topological polar surface area (TPSA) is 29.3 Å². The molecule has 2 N–H and O–H groups in total. The molecule has 16 heavy (non-hydrogen) atoms. The molecule has 1 aromatic rings. The number of nitrogens with two attached hydrogens (primary N) is 1. The summed E-state index contributed by atoms with van der Waals surface area (Å²) in [6.07, 6.45) is 5.18. The highest BCUT2D eigenvalue weighted by molar-refractivity contribution is 5.71. The lowest BCUT2D eigenvalue weighted by atomic mass is 9.98. The molecule has 1 aromatic carbocycles. The van der Waals surface area contributed by atoms with Crippen molar-refractivity contribution in [3.05, 3.63) is 23.8 Å². The Bertz CT molecular complexity index is 360. The average molecular weight is 218 g/mol. The van der Waals surface area contributed by atoms with E-state index in [2.05, 4.69) is 36.9 Å². The number of piperidine rings is 1. The Morgan fingerprint density at radius 3 is 2.94 bits per heavy atom. The van der Waals surface area contributed by atoms with E-state index in [9.17, 15) is 0 Å². The summed E-state index contributed by atoms with van der Waals surface area (Å²) < 4.78 is 0. The summed E-state index contributed by atoms with van der Waals surface area (Å²) >= 11 is 0. The van der Waals surface area contributed by atoms with Crippen LogP contribution in [0.2, 0.25) is 0 Å². The standard InChI is InChI=1S/C14H22N2/c1-3-12-8-4-5-10-16(12)13-9-6-7-11(2)14(13)15/h6-7,9,12H,3-5,8,10,15H2,1-2H3. The Kier molecular flexibility index (Phi) is 3.37. The number of nitrogen functional groups attached to an aromatic ring is 1. The molecule has 1 heterocycles. The first-order chi connectivity index (χ1) is 7.74. The number of nitrogens with zero attached hydrogens (tertiary/aromatic N) is 1. The van der Waals surface area contributed by atoms with Gasteiger partial charge in [-0.1, -0.05) is 19.1 Å². The van der Waals surface area contributed by atoms with Gasteiger partial charge in [0.15, 0.2) is 0 Å². The summed E-state index contributed by atoms with van der Waals surface area (Å²) in [5.41, 5.74) is 9.58. The maximum absolute atomic E-state index is 6.19. The predicted octanol–water partition coefficient (Wildman–Crippen LogP) is 3.35. The number of aryl methyl sites for hydroxylation is 1. The van der Waals surface area contributed by atoms with Crippen molar-refractivity contribution >= 4 is 11.4 Å². The van der Waals surface area contributed by atoms with Crippen LogP contribution in [0.4, 0.5) is 11.4 Å². The van der Waals surface area contributed by atoms with Gasteiger partial charge in [-0.15, -0.1) is 0 Å². The monoisotopic (exact) mass is 218 g/mol. The molecule has 2 rings (SSSR count). The summed E-state index contributed by atoms with van der Waals surface area (Å²) in [7, 11) is 0. The van der Waals surface area contributed by atoms with Crippen LogP contribution < -0.4 is 10.6 Å². The minimum Gasteiger partial charge on any atom is -0.397 e. The van der Waals surface area contributed by atoms with Crippen LogP contribution in [0.15, 0.2) is 18.2 Å². The fourth-order valence-corrected chi connectivity index (χ4v) is 2.66. The first-order valence-corrected chi connectivity index (χ1v) is 6.35. The zero-order valence-corrected chi connectivity index (χ0v) is 10.4. The molecule has 0 saturated carbocycles. The van der Waals surface area contributed by atoms with Gasteiger partial charge in [-0.2, -0.15) is 0 Å². The quantitative estimate of drug-likeness (QED) is 0.771. The maximum atomic E-state index is 6.19. The number of para-hydroxylation sites is 1. The minimum absolute atomic E-state index is 0.679. The smallest absolute Gasteiger partial charge is 0.0605 e. The van der Waals surface area contributed by atoms with Crippen molar-refractivity contribution in [3.63, 3.8) is 0 Å². The molecule has 1 unspecified atom stereocenters. The lowest BCUT2D eigenvalue weighted by molar-refractivity contribution is 0.450. The highest BCUT2D eigenvalue weighted by Crippen LogP contribution is 2.32. The molecule has 0 bridgehead atoms. The summed E-state index contributed by atoms with van der Waals surface area (Å²) in [5.74, 6) is 0. The first kappa shape index (κ1) is 11.3. The Morgan fingerprint density at radius 2 is 2.19 bits per heavy atom. The predicted molar refractivity (Wildman–Crippen MR) is 70.9 cm³/mol. The number of hydrogen-bond donors (Lipinski definition) is 1. The molecule has 2 nitrogen and oxygen atoms in total. The molecule has 0 aromatic heterocycles. The Hall–Kier alpha value is -1.18. The van der Waals surface area contributed by atoms with E-state index in [1.54, 1.807) is 0 Å². The number of hydrogen-bond acceptors (Lipinski definition) is 2. The lowest BCUT2D eigenvalue weighted by Gasteiger charge is -2.38. The second-order valence-corrected chi connectivity index (χ2v) is 4.76. The first-order valence-electron chi connectivity index (χ1n) is 6.35. The molecule has 2 heteroatoms. The molecule has 1 saturated heterocycles. The van der Waals surface area contributed by atoms with Gasteiger partial charge in [-0.25, -0.2) is 0 Å². The third-order valence-corrected chi connectivity index (χ3v) is 3.71. The van der Waals surface area contributed by atoms with Gasteiger partial charge in [0.25, 0.3) is 0 Å². The van der Waals surface area contributed by atoms with Crippen LogP contribution in [0.5, 0.6) is 0 Å². The van der Waals surface area contributed by atoms with Crippen LogP contribution in [0, 0.1) is 6.92 Å². The van der Waals surface area contributed by atoms with Gasteiger partial charge in [-0.3, -0.25) is 0 Å². The summed E-state index contributed by atoms with van der Waals surface area (Å²) in [4.78, 5) is 2.51. The van der Waals surface area contributed by atoms with Gasteiger partial charge in [0.05, 0.1) is 11.4 Å². The summed E-state index contributed by atoms with van der Waals surface area (Å²) in [6, 6.07) is 7.04. The second-order valence-electron chi connectivity index (χ2n) is 4.76. The molecular weight excluding hydrogens is 196 g/mol. The summed E-state index contributed by atoms with van der Waals surface area (Å²) in [5, 5.41) is 0. The molecular formula is C14H22N2. The third kappa shape index (κ3) is 2.01. The van der Waals surface area contributed by atoms with Gasteiger partial charge in [0.1, 0.15) is 0 Å². The molecule has 1 fully saturated rings. The Morgan fingerprint density at radius 1 is 1.38 bits per heavy atom. The lowest BCUT2D eigenvalue weighted by Crippen LogP contribution is -2.39. The van der Waals surface area contributed by atoms with E-state index in [0.717, 1.165) is 12.2 Å². The molecule has 0 aliphatic carbocycles. The highest BCUT2D eigenvalue weighted by atomic mass is 15.2. The Labute approximate surface area is 98.4 Å². The van der Waals surface area contributed by atoms with E-state index in [0.29, 0.717) is 6.04 Å². The minimum atomic E-state index is 0.679. The maximum Gasteiger partial charge on any atom is 0.0605 e. The third-order valence-electron chi connectivity index (χ3n) is 3.71. The van der Waals surface area contributed by atoms with Crippen molar-refractivity contribution in [2.75, 3.05) is 17.2 Å². The summed E-state index contributed by atoms with van der Waals surface area (Å²) in [6.45, 7) is 5.52. The largest absolute Gasteiger partial charge is 0.397 e. The Balaban J connectivity index is 2.30. The fourth-order valence-electron chi connectivity index (χ4n) is 2.66. The molecule has 88 valence electrons. The van der Waals surface area contributed by atoms with Crippen LogP contribution in [0.3, 0.4) is 0 Å². The number of anilines is 2. The van der Waals surface area contributed by atoms with Crippen molar-refractivity contribution < 1.29 is 0 Å². The molecule has 0 radical (unpaired) electrons. The highest BCUT2D eigenvalue weighted by Gasteiger charge is 2.22. The van der Waals surface area contributed by atoms with Gasteiger partial charge in [0, 0.05) is 12.6 Å². The van der Waals surface area contributed by atoms with Crippen LogP contribution >= 0.6 is 0 Å². The normalized spacial score (nSPS) is 21.1. The van der Waals surface area contributed by atoms with Crippen molar-refractivity contribution in [2.24, 2.45) is 0 Å². The van der Waals surface area contributed by atoms with E-state index in [-0.39, 0.29) is 0 Å². The van der Waals surface area contributed by atoms with Crippen molar-refractivity contribution in [2.45, 2.75) is 45.6 Å². The average Bonchev–Trinajstić information content (AvgIpc) is 2.33. The van der Waals surface area contributed by atoms with Gasteiger partial charge in [-0.05, 0) is 44.2 Å². The van der Waals surface area contributed by atoms with Crippen LogP contribution in [0.25, 0.3) is 0 Å². The van der Waals surface area contributed by atoms with Gasteiger partial charge >= 0.3 is 0 Å². The van der Waals surface area contributed by atoms with E-state index < -0.39 is 0 Å².